The summed E-state index contributed by atoms with van der Waals surface area (Å²) in [4.78, 5) is 2.40. The van der Waals surface area contributed by atoms with E-state index in [0.717, 1.165) is 55.7 Å². The van der Waals surface area contributed by atoms with Gasteiger partial charge in [0, 0.05) is 37.5 Å². The predicted octanol–water partition coefficient (Wildman–Crippen LogP) is 17.1. The molecule has 0 radical (unpaired) electrons. The highest BCUT2D eigenvalue weighted by Gasteiger charge is 2.45. The molecule has 0 fully saturated rings. The quantitative estimate of drug-likeness (QED) is 0.159. The van der Waals surface area contributed by atoms with Gasteiger partial charge in [-0.15, -0.1) is 11.3 Å². The van der Waals surface area contributed by atoms with Crippen molar-refractivity contribution in [2.75, 3.05) is 4.90 Å². The van der Waals surface area contributed by atoms with Crippen LogP contribution in [-0.4, -0.2) is 0 Å². The first kappa shape index (κ1) is 36.7. The average molecular weight is 834 g/mol. The summed E-state index contributed by atoms with van der Waals surface area (Å²) in [5, 5.41) is 4.73. The highest BCUT2D eigenvalue weighted by molar-refractivity contribution is 7.26. The smallest absolute Gasteiger partial charge is 0.159 e. The van der Waals surface area contributed by atoms with E-state index in [1.807, 2.05) is 11.3 Å². The maximum absolute atomic E-state index is 7.06. The highest BCUT2D eigenvalue weighted by Crippen LogP contribution is 2.56. The number of fused-ring (bicyclic) bond motifs is 9. The van der Waals surface area contributed by atoms with Gasteiger partial charge in [-0.1, -0.05) is 206 Å². The Bertz CT molecular complexity index is 3670. The second kappa shape index (κ2) is 14.6. The van der Waals surface area contributed by atoms with Crippen LogP contribution >= 0.6 is 11.3 Å². The molecule has 1 aliphatic carbocycles. The molecule has 1 aliphatic rings. The molecule has 13 rings (SSSR count). The Hall–Kier alpha value is -7.98. The molecular weight excluding hydrogens is 795 g/mol. The largest absolute Gasteiger partial charge is 0.453 e. The Kier molecular flexibility index (Phi) is 8.34. The summed E-state index contributed by atoms with van der Waals surface area (Å²) in [5.41, 5.74) is 16.8. The van der Waals surface area contributed by atoms with Gasteiger partial charge in [-0.25, -0.2) is 0 Å². The number of thiophene rings is 1. The van der Waals surface area contributed by atoms with Crippen LogP contribution in [0, 0.1) is 0 Å². The molecule has 2 heterocycles. The summed E-state index contributed by atoms with van der Waals surface area (Å²) in [6.07, 6.45) is 0. The van der Waals surface area contributed by atoms with Crippen LogP contribution in [0.5, 0.6) is 0 Å². The van der Waals surface area contributed by atoms with Crippen LogP contribution in [0.15, 0.2) is 241 Å². The van der Waals surface area contributed by atoms with E-state index in [4.69, 9.17) is 4.42 Å². The first-order valence-electron chi connectivity index (χ1n) is 21.9. The summed E-state index contributed by atoms with van der Waals surface area (Å²) < 4.78 is 9.57. The summed E-state index contributed by atoms with van der Waals surface area (Å²) in [6, 6.07) is 86.2. The number of rotatable bonds is 7. The predicted molar refractivity (Wildman–Crippen MR) is 269 cm³/mol. The minimum Gasteiger partial charge on any atom is -0.453 e. The zero-order valence-corrected chi connectivity index (χ0v) is 35.6. The molecule has 0 saturated carbocycles. The normalized spacial score (nSPS) is 12.8. The van der Waals surface area contributed by atoms with Crippen molar-refractivity contribution in [2.45, 2.75) is 5.41 Å². The second-order valence-electron chi connectivity index (χ2n) is 16.7. The zero-order valence-electron chi connectivity index (χ0n) is 34.8. The number of anilines is 3. The molecule has 0 saturated heterocycles. The van der Waals surface area contributed by atoms with Crippen LogP contribution in [0.3, 0.4) is 0 Å². The second-order valence-corrected chi connectivity index (χ2v) is 17.8. The standard InChI is InChI=1S/C61H39NOS/c1-3-16-42(17-4-1)46-23-13-24-50-51-25-14-29-55(59(51)63-58(46)50)62(56-30-15-26-52-49-22-9-12-31-57(49)64-60(52)56)45-38-34-41(35-39-45)40-32-36-44(37-33-40)61(43-18-5-2-6-19-43)53-27-10-7-20-47(53)48-21-8-11-28-54(48)61/h1-39H. The number of benzene rings is 10. The highest BCUT2D eigenvalue weighted by atomic mass is 32.1. The molecule has 0 spiro atoms. The molecule has 2 nitrogen and oxygen atoms in total. The minimum absolute atomic E-state index is 0.426. The zero-order chi connectivity index (χ0) is 42.2. The molecule has 3 heteroatoms. The van der Waals surface area contributed by atoms with Crippen molar-refractivity contribution >= 4 is 70.5 Å². The lowest BCUT2D eigenvalue weighted by atomic mass is 9.67. The lowest BCUT2D eigenvalue weighted by molar-refractivity contribution is 0.670. The Balaban J connectivity index is 0.956. The lowest BCUT2D eigenvalue weighted by Gasteiger charge is -2.34. The van der Waals surface area contributed by atoms with Crippen LogP contribution in [0.25, 0.3) is 75.5 Å². The van der Waals surface area contributed by atoms with E-state index in [-0.39, 0.29) is 0 Å². The first-order chi connectivity index (χ1) is 31.8. The number of hydrogen-bond acceptors (Lipinski definition) is 3. The molecule has 0 bridgehead atoms. The van der Waals surface area contributed by atoms with Gasteiger partial charge < -0.3 is 9.32 Å². The molecule has 300 valence electrons. The Labute approximate surface area is 375 Å². The lowest BCUT2D eigenvalue weighted by Crippen LogP contribution is -2.28. The van der Waals surface area contributed by atoms with E-state index >= 15 is 0 Å². The summed E-state index contributed by atoms with van der Waals surface area (Å²) in [6.45, 7) is 0. The molecular formula is C61H39NOS. The van der Waals surface area contributed by atoms with Gasteiger partial charge in [-0.05, 0) is 80.4 Å². The fourth-order valence-corrected chi connectivity index (χ4v) is 11.8. The molecule has 0 atom stereocenters. The van der Waals surface area contributed by atoms with Gasteiger partial charge in [0.2, 0.25) is 0 Å². The van der Waals surface area contributed by atoms with Gasteiger partial charge in [0.05, 0.1) is 21.5 Å². The van der Waals surface area contributed by atoms with Crippen LogP contribution in [0.1, 0.15) is 22.3 Å². The van der Waals surface area contributed by atoms with E-state index < -0.39 is 5.41 Å². The monoisotopic (exact) mass is 833 g/mol. The molecule has 64 heavy (non-hydrogen) atoms. The van der Waals surface area contributed by atoms with Gasteiger partial charge in [0.1, 0.15) is 5.58 Å². The Morgan fingerprint density at radius 2 is 0.859 bits per heavy atom. The number of nitrogens with zero attached hydrogens (tertiary/aromatic N) is 1. The summed E-state index contributed by atoms with van der Waals surface area (Å²) in [5.74, 6) is 0. The van der Waals surface area contributed by atoms with Gasteiger partial charge in [0.15, 0.2) is 5.58 Å². The number of para-hydroxylation sites is 2. The van der Waals surface area contributed by atoms with E-state index in [1.165, 1.54) is 59.1 Å². The Morgan fingerprint density at radius 1 is 0.344 bits per heavy atom. The Morgan fingerprint density at radius 3 is 1.58 bits per heavy atom. The van der Waals surface area contributed by atoms with E-state index in [1.54, 1.807) is 0 Å². The maximum Gasteiger partial charge on any atom is 0.159 e. The molecule has 0 aliphatic heterocycles. The van der Waals surface area contributed by atoms with Crippen molar-refractivity contribution in [2.24, 2.45) is 0 Å². The van der Waals surface area contributed by atoms with Crippen molar-refractivity contribution in [1.82, 2.24) is 0 Å². The summed E-state index contributed by atoms with van der Waals surface area (Å²) >= 11 is 1.85. The van der Waals surface area contributed by atoms with Crippen molar-refractivity contribution in [1.29, 1.82) is 0 Å². The van der Waals surface area contributed by atoms with Crippen LogP contribution in [-0.2, 0) is 5.41 Å². The van der Waals surface area contributed by atoms with Crippen molar-refractivity contribution in [3.05, 3.63) is 259 Å². The fourth-order valence-electron chi connectivity index (χ4n) is 10.6. The molecule has 2 aromatic heterocycles. The van der Waals surface area contributed by atoms with Crippen molar-refractivity contribution in [3.8, 4) is 33.4 Å². The van der Waals surface area contributed by atoms with Crippen LogP contribution < -0.4 is 4.90 Å². The maximum atomic E-state index is 7.06. The van der Waals surface area contributed by atoms with Crippen LogP contribution in [0.4, 0.5) is 17.1 Å². The van der Waals surface area contributed by atoms with E-state index in [9.17, 15) is 0 Å². The number of furan rings is 1. The molecule has 12 aromatic rings. The summed E-state index contributed by atoms with van der Waals surface area (Å²) in [7, 11) is 0. The fraction of sp³-hybridized carbons (Fsp3) is 0.0164. The third-order valence-electron chi connectivity index (χ3n) is 13.4. The van der Waals surface area contributed by atoms with Gasteiger partial charge in [-0.2, -0.15) is 0 Å². The van der Waals surface area contributed by atoms with Gasteiger partial charge >= 0.3 is 0 Å². The minimum atomic E-state index is -0.426. The molecule has 10 aromatic carbocycles. The molecule has 0 unspecified atom stereocenters. The van der Waals surface area contributed by atoms with Crippen molar-refractivity contribution in [3.63, 3.8) is 0 Å². The third kappa shape index (κ3) is 5.44. The van der Waals surface area contributed by atoms with E-state index in [0.29, 0.717) is 0 Å². The van der Waals surface area contributed by atoms with Crippen molar-refractivity contribution < 1.29 is 4.42 Å². The SMILES string of the molecule is c1ccc(-c2cccc3c2oc2c(N(c4ccc(-c5ccc(C6(c7ccccc7)c7ccccc7-c7ccccc76)cc5)cc4)c4cccc5c4sc4ccccc45)cccc23)cc1. The van der Waals surface area contributed by atoms with Gasteiger partial charge in [-0.3, -0.25) is 0 Å². The average Bonchev–Trinajstić information content (AvgIpc) is 4.05. The topological polar surface area (TPSA) is 16.4 Å². The third-order valence-corrected chi connectivity index (χ3v) is 14.6. The first-order valence-corrected chi connectivity index (χ1v) is 22.7. The van der Waals surface area contributed by atoms with Crippen LogP contribution in [0.2, 0.25) is 0 Å². The van der Waals surface area contributed by atoms with E-state index in [2.05, 4.69) is 241 Å². The number of hydrogen-bond donors (Lipinski definition) is 0. The molecule has 0 amide bonds. The molecule has 0 N–H and O–H groups in total. The van der Waals surface area contributed by atoms with Gasteiger partial charge in [0.25, 0.3) is 0 Å².